The van der Waals surface area contributed by atoms with Gasteiger partial charge in [0.25, 0.3) is 6.43 Å². The average Bonchev–Trinajstić information content (AvgIpc) is 2.92. The third-order valence-corrected chi connectivity index (χ3v) is 3.08. The molecule has 1 atom stereocenters. The summed E-state index contributed by atoms with van der Waals surface area (Å²) in [5, 5.41) is 15.6. The SMILES string of the molecule is OCCC(NCc1ccnn1-c1ccc(F)cc1)C(F)F. The quantitative estimate of drug-likeness (QED) is 0.823. The van der Waals surface area contributed by atoms with Gasteiger partial charge in [0.2, 0.25) is 0 Å². The molecule has 0 bridgehead atoms. The zero-order valence-corrected chi connectivity index (χ0v) is 11.2. The van der Waals surface area contributed by atoms with Crippen LogP contribution < -0.4 is 5.32 Å². The Kier molecular flexibility index (Phi) is 5.35. The summed E-state index contributed by atoms with van der Waals surface area (Å²) in [7, 11) is 0. The van der Waals surface area contributed by atoms with E-state index in [1.54, 1.807) is 29.1 Å². The first-order chi connectivity index (χ1) is 10.1. The smallest absolute Gasteiger partial charge is 0.253 e. The van der Waals surface area contributed by atoms with Crippen molar-refractivity contribution < 1.29 is 18.3 Å². The average molecular weight is 299 g/mol. The number of rotatable bonds is 7. The molecule has 7 heteroatoms. The van der Waals surface area contributed by atoms with Crippen molar-refractivity contribution in [3.05, 3.63) is 48.0 Å². The van der Waals surface area contributed by atoms with E-state index in [4.69, 9.17) is 5.11 Å². The highest BCUT2D eigenvalue weighted by Crippen LogP contribution is 2.12. The van der Waals surface area contributed by atoms with Crippen molar-refractivity contribution in [3.8, 4) is 5.69 Å². The number of alkyl halides is 2. The van der Waals surface area contributed by atoms with Gasteiger partial charge >= 0.3 is 0 Å². The molecule has 0 aliphatic heterocycles. The molecule has 1 heterocycles. The van der Waals surface area contributed by atoms with Crippen LogP contribution in [0.2, 0.25) is 0 Å². The van der Waals surface area contributed by atoms with E-state index < -0.39 is 12.5 Å². The van der Waals surface area contributed by atoms with Gasteiger partial charge in [-0.25, -0.2) is 17.9 Å². The Morgan fingerprint density at radius 2 is 1.90 bits per heavy atom. The van der Waals surface area contributed by atoms with E-state index in [0.717, 1.165) is 0 Å². The van der Waals surface area contributed by atoms with E-state index in [9.17, 15) is 13.2 Å². The van der Waals surface area contributed by atoms with Gasteiger partial charge in [0.1, 0.15) is 5.82 Å². The van der Waals surface area contributed by atoms with Crippen molar-refractivity contribution >= 4 is 0 Å². The molecule has 1 unspecified atom stereocenters. The third-order valence-electron chi connectivity index (χ3n) is 3.08. The van der Waals surface area contributed by atoms with Crippen molar-refractivity contribution in [2.45, 2.75) is 25.4 Å². The molecule has 1 aromatic heterocycles. The Balaban J connectivity index is 2.08. The molecule has 2 rings (SSSR count). The Hall–Kier alpha value is -1.86. The van der Waals surface area contributed by atoms with Gasteiger partial charge in [-0.1, -0.05) is 0 Å². The Bertz CT molecular complexity index is 557. The molecule has 4 nitrogen and oxygen atoms in total. The molecule has 2 aromatic rings. The van der Waals surface area contributed by atoms with Crippen LogP contribution >= 0.6 is 0 Å². The molecule has 2 N–H and O–H groups in total. The number of benzene rings is 1. The third kappa shape index (κ3) is 4.05. The molecule has 114 valence electrons. The highest BCUT2D eigenvalue weighted by molar-refractivity contribution is 5.32. The van der Waals surface area contributed by atoms with Gasteiger partial charge in [0.15, 0.2) is 0 Å². The first kappa shape index (κ1) is 15.5. The lowest BCUT2D eigenvalue weighted by Crippen LogP contribution is -2.36. The van der Waals surface area contributed by atoms with E-state index in [2.05, 4.69) is 10.4 Å². The van der Waals surface area contributed by atoms with Gasteiger partial charge in [0, 0.05) is 19.3 Å². The molecule has 0 aliphatic carbocycles. The molecule has 21 heavy (non-hydrogen) atoms. The molecular formula is C14H16F3N3O. The lowest BCUT2D eigenvalue weighted by Gasteiger charge is -2.17. The molecule has 0 spiro atoms. The number of halogens is 3. The van der Waals surface area contributed by atoms with Crippen LogP contribution in [0.3, 0.4) is 0 Å². The summed E-state index contributed by atoms with van der Waals surface area (Å²) in [5.74, 6) is -0.355. The number of nitrogens with one attached hydrogen (secondary N) is 1. The van der Waals surface area contributed by atoms with Crippen molar-refractivity contribution in [2.24, 2.45) is 0 Å². The van der Waals surface area contributed by atoms with Gasteiger partial charge in [0.05, 0.1) is 17.4 Å². The second-order valence-corrected chi connectivity index (χ2v) is 4.54. The summed E-state index contributed by atoms with van der Waals surface area (Å²) in [4.78, 5) is 0. The van der Waals surface area contributed by atoms with Crippen molar-refractivity contribution in [2.75, 3.05) is 6.61 Å². The summed E-state index contributed by atoms with van der Waals surface area (Å²) >= 11 is 0. The predicted octanol–water partition coefficient (Wildman–Crippen LogP) is 2.12. The first-order valence-electron chi connectivity index (χ1n) is 6.53. The highest BCUT2D eigenvalue weighted by atomic mass is 19.3. The highest BCUT2D eigenvalue weighted by Gasteiger charge is 2.19. The van der Waals surface area contributed by atoms with E-state index in [-0.39, 0.29) is 25.4 Å². The minimum Gasteiger partial charge on any atom is -0.396 e. The maximum atomic E-state index is 12.9. The number of aliphatic hydroxyl groups excluding tert-OH is 1. The monoisotopic (exact) mass is 299 g/mol. The minimum atomic E-state index is -2.56. The molecule has 1 aromatic carbocycles. The molecule has 0 radical (unpaired) electrons. The number of hydrogen-bond donors (Lipinski definition) is 2. The van der Waals surface area contributed by atoms with E-state index >= 15 is 0 Å². The summed E-state index contributed by atoms with van der Waals surface area (Å²) < 4.78 is 39.9. The normalized spacial score (nSPS) is 12.8. The van der Waals surface area contributed by atoms with Gasteiger partial charge in [-0.15, -0.1) is 0 Å². The number of aromatic nitrogens is 2. The number of hydrogen-bond acceptors (Lipinski definition) is 3. The van der Waals surface area contributed by atoms with Crippen molar-refractivity contribution in [3.63, 3.8) is 0 Å². The van der Waals surface area contributed by atoms with Crippen LogP contribution in [-0.2, 0) is 6.54 Å². The van der Waals surface area contributed by atoms with Gasteiger partial charge in [-0.05, 0) is 36.8 Å². The van der Waals surface area contributed by atoms with E-state index in [1.165, 1.54) is 12.1 Å². The fourth-order valence-corrected chi connectivity index (χ4v) is 1.97. The summed E-state index contributed by atoms with van der Waals surface area (Å²) in [5.41, 5.74) is 1.32. The predicted molar refractivity (Wildman–Crippen MR) is 71.9 cm³/mol. The van der Waals surface area contributed by atoms with Crippen LogP contribution in [0.5, 0.6) is 0 Å². The molecule has 0 saturated heterocycles. The maximum absolute atomic E-state index is 12.9. The van der Waals surface area contributed by atoms with Crippen LogP contribution in [0.15, 0.2) is 36.5 Å². The lowest BCUT2D eigenvalue weighted by molar-refractivity contribution is 0.0824. The van der Waals surface area contributed by atoms with Gasteiger partial charge < -0.3 is 10.4 Å². The van der Waals surface area contributed by atoms with Crippen LogP contribution in [-0.4, -0.2) is 34.0 Å². The Morgan fingerprint density at radius 1 is 1.19 bits per heavy atom. The second-order valence-electron chi connectivity index (χ2n) is 4.54. The van der Waals surface area contributed by atoms with Crippen LogP contribution in [0, 0.1) is 5.82 Å². The molecule has 0 saturated carbocycles. The van der Waals surface area contributed by atoms with Crippen molar-refractivity contribution in [1.29, 1.82) is 0 Å². The Labute approximate surface area is 120 Å². The summed E-state index contributed by atoms with van der Waals surface area (Å²) in [6, 6.07) is 6.35. The van der Waals surface area contributed by atoms with E-state index in [1.807, 2.05) is 0 Å². The fraction of sp³-hybridized carbons (Fsp3) is 0.357. The molecule has 0 aliphatic rings. The first-order valence-corrected chi connectivity index (χ1v) is 6.53. The molecule has 0 fully saturated rings. The topological polar surface area (TPSA) is 50.1 Å². The minimum absolute atomic E-state index is 0.0254. The van der Waals surface area contributed by atoms with Crippen LogP contribution in [0.4, 0.5) is 13.2 Å². The summed E-state index contributed by atoms with van der Waals surface area (Å²) in [6.07, 6.45) is -1.04. The zero-order valence-electron chi connectivity index (χ0n) is 11.2. The zero-order chi connectivity index (χ0) is 15.2. The number of nitrogens with zero attached hydrogens (tertiary/aromatic N) is 2. The van der Waals surface area contributed by atoms with Crippen molar-refractivity contribution in [1.82, 2.24) is 15.1 Å². The van der Waals surface area contributed by atoms with E-state index in [0.29, 0.717) is 11.4 Å². The molecule has 0 amide bonds. The van der Waals surface area contributed by atoms with Crippen LogP contribution in [0.25, 0.3) is 5.69 Å². The van der Waals surface area contributed by atoms with Crippen LogP contribution in [0.1, 0.15) is 12.1 Å². The standard InChI is InChI=1S/C14H16F3N3O/c15-10-1-3-11(4-2-10)20-12(5-7-19-20)9-18-13(6-8-21)14(16)17/h1-5,7,13-14,18,21H,6,8-9H2. The largest absolute Gasteiger partial charge is 0.396 e. The summed E-state index contributed by atoms with van der Waals surface area (Å²) in [6.45, 7) is -0.133. The number of aliphatic hydroxyl groups is 1. The second kappa shape index (κ2) is 7.24. The Morgan fingerprint density at radius 3 is 2.52 bits per heavy atom. The fourth-order valence-electron chi connectivity index (χ4n) is 1.97. The van der Waals surface area contributed by atoms with Gasteiger partial charge in [-0.3, -0.25) is 0 Å². The maximum Gasteiger partial charge on any atom is 0.253 e. The lowest BCUT2D eigenvalue weighted by atomic mass is 10.2. The molecular weight excluding hydrogens is 283 g/mol. The van der Waals surface area contributed by atoms with Gasteiger partial charge in [-0.2, -0.15) is 5.10 Å².